The SMILES string of the molecule is COC(=O)CC1CCCCN1Cc1cnn(C)c1. The second-order valence-electron chi connectivity index (χ2n) is 4.92. The van der Waals surface area contributed by atoms with Crippen molar-refractivity contribution in [1.82, 2.24) is 14.7 Å². The number of methoxy groups -OCH3 is 1. The van der Waals surface area contributed by atoms with E-state index in [0.717, 1.165) is 19.5 Å². The number of carbonyl (C=O) groups is 1. The number of carbonyl (C=O) groups excluding carboxylic acids is 1. The fourth-order valence-electron chi connectivity index (χ4n) is 2.56. The summed E-state index contributed by atoms with van der Waals surface area (Å²) in [6, 6.07) is 0.311. The second-order valence-corrected chi connectivity index (χ2v) is 4.92. The first kappa shape index (κ1) is 13.1. The molecule has 1 unspecified atom stereocenters. The molecule has 0 amide bonds. The van der Waals surface area contributed by atoms with Crippen LogP contribution in [-0.2, 0) is 23.1 Å². The van der Waals surface area contributed by atoms with Gasteiger partial charge in [0.25, 0.3) is 0 Å². The van der Waals surface area contributed by atoms with Gasteiger partial charge in [-0.05, 0) is 19.4 Å². The lowest BCUT2D eigenvalue weighted by Gasteiger charge is -2.34. The quantitative estimate of drug-likeness (QED) is 0.758. The van der Waals surface area contributed by atoms with Gasteiger partial charge in [0.2, 0.25) is 0 Å². The zero-order valence-electron chi connectivity index (χ0n) is 11.1. The Labute approximate surface area is 108 Å². The van der Waals surface area contributed by atoms with Gasteiger partial charge in [0.15, 0.2) is 0 Å². The summed E-state index contributed by atoms with van der Waals surface area (Å²) in [6.45, 7) is 1.92. The molecule has 0 bridgehead atoms. The van der Waals surface area contributed by atoms with Gasteiger partial charge in [-0.3, -0.25) is 14.4 Å². The van der Waals surface area contributed by atoms with Gasteiger partial charge in [-0.25, -0.2) is 0 Å². The third-order valence-corrected chi connectivity index (χ3v) is 3.52. The van der Waals surface area contributed by atoms with Crippen molar-refractivity contribution in [1.29, 1.82) is 0 Å². The molecule has 2 rings (SSSR count). The van der Waals surface area contributed by atoms with Crippen LogP contribution in [0.25, 0.3) is 0 Å². The molecule has 0 aliphatic carbocycles. The van der Waals surface area contributed by atoms with Crippen LogP contribution in [0.4, 0.5) is 0 Å². The Balaban J connectivity index is 1.96. The fourth-order valence-corrected chi connectivity index (χ4v) is 2.56. The Kier molecular flexibility index (Phi) is 4.36. The third-order valence-electron chi connectivity index (χ3n) is 3.52. The highest BCUT2D eigenvalue weighted by molar-refractivity contribution is 5.69. The summed E-state index contributed by atoms with van der Waals surface area (Å²) >= 11 is 0. The van der Waals surface area contributed by atoms with Crippen molar-refractivity contribution in [2.75, 3.05) is 13.7 Å². The Bertz CT molecular complexity index is 403. The van der Waals surface area contributed by atoms with E-state index in [-0.39, 0.29) is 5.97 Å². The molecular formula is C13H21N3O2. The van der Waals surface area contributed by atoms with Crippen molar-refractivity contribution in [2.45, 2.75) is 38.3 Å². The number of esters is 1. The van der Waals surface area contributed by atoms with Crippen LogP contribution in [0.2, 0.25) is 0 Å². The number of piperidine rings is 1. The monoisotopic (exact) mass is 251 g/mol. The van der Waals surface area contributed by atoms with Crippen molar-refractivity contribution in [2.24, 2.45) is 7.05 Å². The van der Waals surface area contributed by atoms with Crippen molar-refractivity contribution < 1.29 is 9.53 Å². The van der Waals surface area contributed by atoms with E-state index in [1.54, 1.807) is 0 Å². The van der Waals surface area contributed by atoms with E-state index in [0.29, 0.717) is 12.5 Å². The van der Waals surface area contributed by atoms with Crippen molar-refractivity contribution in [3.8, 4) is 0 Å². The Morgan fingerprint density at radius 1 is 1.56 bits per heavy atom. The maximum absolute atomic E-state index is 11.4. The summed E-state index contributed by atoms with van der Waals surface area (Å²) in [5.41, 5.74) is 1.20. The van der Waals surface area contributed by atoms with Gasteiger partial charge >= 0.3 is 5.97 Å². The van der Waals surface area contributed by atoms with Gasteiger partial charge in [0, 0.05) is 31.4 Å². The Hall–Kier alpha value is -1.36. The zero-order chi connectivity index (χ0) is 13.0. The van der Waals surface area contributed by atoms with Crippen LogP contribution in [0.1, 0.15) is 31.2 Å². The maximum atomic E-state index is 11.4. The molecule has 18 heavy (non-hydrogen) atoms. The smallest absolute Gasteiger partial charge is 0.307 e. The largest absolute Gasteiger partial charge is 0.469 e. The minimum absolute atomic E-state index is 0.113. The molecule has 0 N–H and O–H groups in total. The summed E-state index contributed by atoms with van der Waals surface area (Å²) in [5, 5.41) is 4.18. The van der Waals surface area contributed by atoms with Crippen LogP contribution in [0.3, 0.4) is 0 Å². The highest BCUT2D eigenvalue weighted by atomic mass is 16.5. The molecule has 1 aromatic rings. The number of hydrogen-bond acceptors (Lipinski definition) is 4. The van der Waals surface area contributed by atoms with Gasteiger partial charge in [0.05, 0.1) is 19.7 Å². The minimum Gasteiger partial charge on any atom is -0.469 e. The standard InChI is InChI=1S/C13H21N3O2/c1-15-9-11(8-14-15)10-16-6-4-3-5-12(16)7-13(17)18-2/h8-9,12H,3-7,10H2,1-2H3. The molecule has 1 aromatic heterocycles. The van der Waals surface area contributed by atoms with E-state index in [9.17, 15) is 4.79 Å². The van der Waals surface area contributed by atoms with E-state index in [1.807, 2.05) is 24.1 Å². The van der Waals surface area contributed by atoms with Crippen LogP contribution in [0.15, 0.2) is 12.4 Å². The number of aryl methyl sites for hydroxylation is 1. The van der Waals surface area contributed by atoms with Crippen LogP contribution >= 0.6 is 0 Å². The molecule has 5 heteroatoms. The second kappa shape index (κ2) is 6.00. The van der Waals surface area contributed by atoms with Gasteiger partial charge in [-0.15, -0.1) is 0 Å². The lowest BCUT2D eigenvalue weighted by molar-refractivity contribution is -0.142. The summed E-state index contributed by atoms with van der Waals surface area (Å²) in [4.78, 5) is 13.8. The number of likely N-dealkylation sites (tertiary alicyclic amines) is 1. The number of aromatic nitrogens is 2. The molecule has 0 saturated carbocycles. The van der Waals surface area contributed by atoms with E-state index in [2.05, 4.69) is 10.00 Å². The van der Waals surface area contributed by atoms with Crippen LogP contribution < -0.4 is 0 Å². The molecule has 0 aromatic carbocycles. The predicted octanol–water partition coefficient (Wildman–Crippen LogP) is 1.34. The van der Waals surface area contributed by atoms with Gasteiger partial charge in [-0.1, -0.05) is 6.42 Å². The molecule has 1 saturated heterocycles. The minimum atomic E-state index is -0.113. The first-order valence-corrected chi connectivity index (χ1v) is 6.47. The van der Waals surface area contributed by atoms with Gasteiger partial charge in [0.1, 0.15) is 0 Å². The number of nitrogens with zero attached hydrogens (tertiary/aromatic N) is 3. The number of rotatable bonds is 4. The summed E-state index contributed by atoms with van der Waals surface area (Å²) in [6.07, 6.45) is 7.91. The fraction of sp³-hybridized carbons (Fsp3) is 0.692. The van der Waals surface area contributed by atoms with Crippen LogP contribution in [0.5, 0.6) is 0 Å². The van der Waals surface area contributed by atoms with E-state index in [1.165, 1.54) is 25.5 Å². The number of hydrogen-bond donors (Lipinski definition) is 0. The van der Waals surface area contributed by atoms with E-state index < -0.39 is 0 Å². The van der Waals surface area contributed by atoms with Gasteiger partial charge in [-0.2, -0.15) is 5.10 Å². The predicted molar refractivity (Wildman–Crippen MR) is 67.9 cm³/mol. The molecule has 1 fully saturated rings. The third kappa shape index (κ3) is 3.32. The Morgan fingerprint density at radius 3 is 3.06 bits per heavy atom. The summed E-state index contributed by atoms with van der Waals surface area (Å²) in [5.74, 6) is -0.113. The van der Waals surface area contributed by atoms with Crippen LogP contribution in [-0.4, -0.2) is 40.3 Å². The molecule has 1 atom stereocenters. The topological polar surface area (TPSA) is 47.4 Å². The molecule has 2 heterocycles. The highest BCUT2D eigenvalue weighted by Crippen LogP contribution is 2.22. The molecule has 5 nitrogen and oxygen atoms in total. The van der Waals surface area contributed by atoms with Crippen molar-refractivity contribution in [3.05, 3.63) is 18.0 Å². The first-order valence-electron chi connectivity index (χ1n) is 6.47. The van der Waals surface area contributed by atoms with Crippen LogP contribution in [0, 0.1) is 0 Å². The molecule has 1 aliphatic rings. The summed E-state index contributed by atoms with van der Waals surface area (Å²) in [7, 11) is 3.38. The molecule has 1 aliphatic heterocycles. The zero-order valence-corrected chi connectivity index (χ0v) is 11.1. The first-order chi connectivity index (χ1) is 8.69. The Morgan fingerprint density at radius 2 is 2.39 bits per heavy atom. The summed E-state index contributed by atoms with van der Waals surface area (Å²) < 4.78 is 6.59. The maximum Gasteiger partial charge on any atom is 0.307 e. The molecule has 100 valence electrons. The molecule has 0 radical (unpaired) electrons. The van der Waals surface area contributed by atoms with E-state index >= 15 is 0 Å². The molecular weight excluding hydrogens is 230 g/mol. The van der Waals surface area contributed by atoms with Crippen molar-refractivity contribution >= 4 is 5.97 Å². The molecule has 0 spiro atoms. The van der Waals surface area contributed by atoms with Gasteiger partial charge < -0.3 is 4.74 Å². The van der Waals surface area contributed by atoms with E-state index in [4.69, 9.17) is 4.74 Å². The number of ether oxygens (including phenoxy) is 1. The van der Waals surface area contributed by atoms with Crippen molar-refractivity contribution in [3.63, 3.8) is 0 Å². The average molecular weight is 251 g/mol. The average Bonchev–Trinajstić information content (AvgIpc) is 2.77. The normalized spacial score (nSPS) is 20.9. The highest BCUT2D eigenvalue weighted by Gasteiger charge is 2.25. The lowest BCUT2D eigenvalue weighted by atomic mass is 9.99. The lowest BCUT2D eigenvalue weighted by Crippen LogP contribution is -2.40.